The van der Waals surface area contributed by atoms with Crippen LogP contribution in [0.1, 0.15) is 33.9 Å². The number of carbonyl (C=O) groups is 2. The third-order valence-corrected chi connectivity index (χ3v) is 6.39. The van der Waals surface area contributed by atoms with E-state index in [9.17, 15) is 9.59 Å². The molecule has 2 amide bonds. The van der Waals surface area contributed by atoms with Crippen LogP contribution in [0.15, 0.2) is 60.7 Å². The number of para-hydroxylation sites is 1. The summed E-state index contributed by atoms with van der Waals surface area (Å²) < 4.78 is 5.86. The van der Waals surface area contributed by atoms with Crippen LogP contribution in [0.2, 0.25) is 0 Å². The zero-order valence-electron chi connectivity index (χ0n) is 16.7. The summed E-state index contributed by atoms with van der Waals surface area (Å²) in [4.78, 5) is 26.4. The third kappa shape index (κ3) is 3.27. The molecule has 3 aliphatic rings. The summed E-state index contributed by atoms with van der Waals surface area (Å²) in [5, 5.41) is 9.66. The fraction of sp³-hybridized carbons (Fsp3) is 0.333. The lowest BCUT2D eigenvalue weighted by atomic mass is 9.77. The van der Waals surface area contributed by atoms with Crippen LogP contribution in [-0.2, 0) is 11.2 Å². The number of hydrogen-bond donors (Lipinski definition) is 3. The van der Waals surface area contributed by atoms with E-state index in [2.05, 4.69) is 22.0 Å². The van der Waals surface area contributed by atoms with E-state index in [1.807, 2.05) is 48.6 Å². The highest BCUT2D eigenvalue weighted by Gasteiger charge is 2.45. The Morgan fingerprint density at radius 2 is 1.73 bits per heavy atom. The minimum absolute atomic E-state index is 0.0326. The van der Waals surface area contributed by atoms with Crippen molar-refractivity contribution < 1.29 is 14.3 Å². The predicted octanol–water partition coefficient (Wildman–Crippen LogP) is 2.13. The quantitative estimate of drug-likeness (QED) is 0.589. The van der Waals surface area contributed by atoms with Crippen LogP contribution < -0.4 is 20.7 Å². The van der Waals surface area contributed by atoms with Gasteiger partial charge in [-0.15, -0.1) is 0 Å². The van der Waals surface area contributed by atoms with Gasteiger partial charge in [-0.1, -0.05) is 48.6 Å². The molecule has 6 heteroatoms. The molecule has 2 aromatic carbocycles. The molecule has 1 spiro atoms. The van der Waals surface area contributed by atoms with E-state index in [0.29, 0.717) is 43.9 Å². The standard InChI is InChI=1S/C24H25N3O3/c28-22-18-9-3-4-10-20(18)30-12-6-5-11-24(14-25-15-24)23(29)27-21-17-8-2-1-7-16(17)13-19(21)26-22/h1-10,19,21,25H,11-15H2,(H,26,28)(H,27,29)/b6-5+/t19-,21-/m1/s1. The number of ether oxygens (including phenoxy) is 1. The summed E-state index contributed by atoms with van der Waals surface area (Å²) >= 11 is 0. The van der Waals surface area contributed by atoms with E-state index in [1.165, 1.54) is 0 Å². The Labute approximate surface area is 175 Å². The zero-order chi connectivity index (χ0) is 20.6. The summed E-state index contributed by atoms with van der Waals surface area (Å²) in [5.74, 6) is 0.404. The van der Waals surface area contributed by atoms with Crippen LogP contribution in [0.3, 0.4) is 0 Å². The maximum atomic E-state index is 13.3. The molecule has 0 unspecified atom stereocenters. The molecule has 30 heavy (non-hydrogen) atoms. The average molecular weight is 403 g/mol. The lowest BCUT2D eigenvalue weighted by molar-refractivity contribution is -0.134. The van der Waals surface area contributed by atoms with E-state index in [-0.39, 0.29) is 23.9 Å². The smallest absolute Gasteiger partial charge is 0.255 e. The predicted molar refractivity (Wildman–Crippen MR) is 113 cm³/mol. The molecule has 2 heterocycles. The Morgan fingerprint density at radius 3 is 2.57 bits per heavy atom. The summed E-state index contributed by atoms with van der Waals surface area (Å²) in [6.07, 6.45) is 5.26. The Hall–Kier alpha value is -3.12. The summed E-state index contributed by atoms with van der Waals surface area (Å²) in [7, 11) is 0. The Balaban J connectivity index is 1.52. The maximum absolute atomic E-state index is 13.3. The maximum Gasteiger partial charge on any atom is 0.255 e. The molecule has 2 aliphatic heterocycles. The number of fused-ring (bicyclic) bond motifs is 4. The van der Waals surface area contributed by atoms with Crippen molar-refractivity contribution in [1.29, 1.82) is 0 Å². The SMILES string of the molecule is O=C1N[C@@H]2Cc3ccccc3[C@H]2NC(=O)C2(C/C=C/COc3ccccc31)CNC2. The van der Waals surface area contributed by atoms with Crippen LogP contribution in [0.5, 0.6) is 5.75 Å². The average Bonchev–Trinajstić information content (AvgIpc) is 3.06. The first-order chi connectivity index (χ1) is 14.7. The number of amides is 2. The van der Waals surface area contributed by atoms with Crippen molar-refractivity contribution in [3.05, 3.63) is 77.4 Å². The largest absolute Gasteiger partial charge is 0.489 e. The van der Waals surface area contributed by atoms with Gasteiger partial charge in [-0.05, 0) is 36.1 Å². The molecular formula is C24H25N3O3. The first-order valence-corrected chi connectivity index (χ1v) is 10.4. The molecule has 1 aliphatic carbocycles. The minimum atomic E-state index is -0.454. The van der Waals surface area contributed by atoms with E-state index in [0.717, 1.165) is 11.1 Å². The number of allylic oxidation sites excluding steroid dienone is 1. The fourth-order valence-electron chi connectivity index (χ4n) is 4.57. The van der Waals surface area contributed by atoms with Gasteiger partial charge in [-0.2, -0.15) is 0 Å². The van der Waals surface area contributed by atoms with Crippen molar-refractivity contribution in [2.45, 2.75) is 24.9 Å². The zero-order valence-corrected chi connectivity index (χ0v) is 16.7. The van der Waals surface area contributed by atoms with Crippen molar-refractivity contribution in [1.82, 2.24) is 16.0 Å². The van der Waals surface area contributed by atoms with E-state index < -0.39 is 5.41 Å². The monoisotopic (exact) mass is 403 g/mol. The third-order valence-electron chi connectivity index (χ3n) is 6.39. The normalized spacial score (nSPS) is 26.0. The molecule has 0 aromatic heterocycles. The molecule has 1 saturated heterocycles. The highest BCUT2D eigenvalue weighted by atomic mass is 16.5. The van der Waals surface area contributed by atoms with Gasteiger partial charge in [0, 0.05) is 13.1 Å². The lowest BCUT2D eigenvalue weighted by Crippen LogP contribution is -2.62. The summed E-state index contributed by atoms with van der Waals surface area (Å²) in [5.41, 5.74) is 2.28. The number of carbonyl (C=O) groups excluding carboxylic acids is 2. The van der Waals surface area contributed by atoms with Crippen molar-refractivity contribution in [3.8, 4) is 5.75 Å². The highest BCUT2D eigenvalue weighted by Crippen LogP contribution is 2.35. The molecule has 2 atom stereocenters. The molecule has 0 bridgehead atoms. The van der Waals surface area contributed by atoms with Gasteiger partial charge in [-0.3, -0.25) is 9.59 Å². The van der Waals surface area contributed by atoms with Crippen LogP contribution in [0, 0.1) is 5.41 Å². The topological polar surface area (TPSA) is 79.5 Å². The Morgan fingerprint density at radius 1 is 0.933 bits per heavy atom. The molecular weight excluding hydrogens is 378 g/mol. The number of hydrogen-bond acceptors (Lipinski definition) is 4. The van der Waals surface area contributed by atoms with Gasteiger partial charge in [0.1, 0.15) is 12.4 Å². The second kappa shape index (κ2) is 7.61. The summed E-state index contributed by atoms with van der Waals surface area (Å²) in [6, 6.07) is 14.9. The van der Waals surface area contributed by atoms with Crippen molar-refractivity contribution in [2.24, 2.45) is 5.41 Å². The van der Waals surface area contributed by atoms with E-state index >= 15 is 0 Å². The molecule has 3 N–H and O–H groups in total. The highest BCUT2D eigenvalue weighted by molar-refractivity contribution is 5.97. The van der Waals surface area contributed by atoms with Crippen molar-refractivity contribution >= 4 is 11.8 Å². The molecule has 0 radical (unpaired) electrons. The van der Waals surface area contributed by atoms with E-state index in [1.54, 1.807) is 6.07 Å². The lowest BCUT2D eigenvalue weighted by Gasteiger charge is -2.41. The first kappa shape index (κ1) is 18.9. The van der Waals surface area contributed by atoms with Crippen molar-refractivity contribution in [2.75, 3.05) is 19.7 Å². The molecule has 2 aromatic rings. The van der Waals surface area contributed by atoms with Gasteiger partial charge in [0.25, 0.3) is 5.91 Å². The van der Waals surface area contributed by atoms with E-state index in [4.69, 9.17) is 4.74 Å². The minimum Gasteiger partial charge on any atom is -0.489 e. The van der Waals surface area contributed by atoms with Gasteiger partial charge in [-0.25, -0.2) is 0 Å². The number of rotatable bonds is 0. The van der Waals surface area contributed by atoms with Gasteiger partial charge < -0.3 is 20.7 Å². The van der Waals surface area contributed by atoms with Crippen molar-refractivity contribution in [3.63, 3.8) is 0 Å². The second-order valence-electron chi connectivity index (χ2n) is 8.30. The van der Waals surface area contributed by atoms with Crippen LogP contribution in [-0.4, -0.2) is 37.6 Å². The molecule has 6 nitrogen and oxygen atoms in total. The molecule has 154 valence electrons. The van der Waals surface area contributed by atoms with Gasteiger partial charge in [0.15, 0.2) is 0 Å². The summed E-state index contributed by atoms with van der Waals surface area (Å²) in [6.45, 7) is 1.66. The first-order valence-electron chi connectivity index (χ1n) is 10.4. The molecule has 0 saturated carbocycles. The number of nitrogens with one attached hydrogen (secondary N) is 3. The van der Waals surface area contributed by atoms with Gasteiger partial charge in [0.2, 0.25) is 5.91 Å². The Bertz CT molecular complexity index is 1010. The number of benzene rings is 2. The van der Waals surface area contributed by atoms with Crippen LogP contribution >= 0.6 is 0 Å². The second-order valence-corrected chi connectivity index (χ2v) is 8.30. The van der Waals surface area contributed by atoms with Crippen LogP contribution in [0.4, 0.5) is 0 Å². The van der Waals surface area contributed by atoms with Gasteiger partial charge >= 0.3 is 0 Å². The molecule has 5 rings (SSSR count). The molecule has 1 fully saturated rings. The fourth-order valence-corrected chi connectivity index (χ4v) is 4.57. The Kier molecular flexibility index (Phi) is 4.79. The van der Waals surface area contributed by atoms with Gasteiger partial charge in [0.05, 0.1) is 23.1 Å². The van der Waals surface area contributed by atoms with Crippen LogP contribution in [0.25, 0.3) is 0 Å².